The van der Waals surface area contributed by atoms with Crippen LogP contribution in [-0.2, 0) is 57.0 Å². The monoisotopic (exact) mass is 793 g/mol. The number of carbonyl (C=O) groups is 4. The second-order valence-corrected chi connectivity index (χ2v) is 16.3. The lowest BCUT2D eigenvalue weighted by Crippen LogP contribution is -2.60. The minimum Gasteiger partial charge on any atom is -0.459 e. The Hall–Kier alpha value is -3.18. The molecule has 3 saturated heterocycles. The number of aliphatic hydroxyl groups is 1. The number of fused-ring (bicyclic) bond motifs is 1. The molecule has 3 fully saturated rings. The molecule has 1 aromatic rings. The molecule has 0 spiro atoms. The Kier molecular flexibility index (Phi) is 15.5. The standard InChI is InChI=1S/C41H63NO14/c1-13-29-41(8)35(55-39(47)56-41)24(4)30(43)22(2)20-40(7,49-12)34(54-38-31(44)28(42(9)10)19-23(3)51-38)25(5)32(26(6)36(45)52-29)53-37(46)33(50-21-48-11)27-17-15-14-16-18-27/h14-18,22-26,28-29,31-35,38,44H,13,19-21H2,1-12H3/t22-,23-,24-,25+,26-,28+,29+,31-,32-,33?,34-,35-,38+,40+,41-/m1/s1. The predicted octanol–water partition coefficient (Wildman–Crippen LogP) is 4.61. The van der Waals surface area contributed by atoms with Crippen LogP contribution in [-0.4, -0.2) is 129 Å². The first-order chi connectivity index (χ1) is 26.3. The smallest absolute Gasteiger partial charge is 0.459 e. The van der Waals surface area contributed by atoms with Gasteiger partial charge in [-0.15, -0.1) is 0 Å². The Balaban J connectivity index is 1.89. The molecule has 0 aromatic heterocycles. The topological polar surface area (TPSA) is 175 Å². The highest BCUT2D eigenvalue weighted by molar-refractivity contribution is 5.84. The van der Waals surface area contributed by atoms with Crippen molar-refractivity contribution >= 4 is 23.9 Å². The lowest BCUT2D eigenvalue weighted by Gasteiger charge is -2.48. The summed E-state index contributed by atoms with van der Waals surface area (Å²) in [5, 5.41) is 11.6. The molecule has 1 aromatic carbocycles. The van der Waals surface area contributed by atoms with Gasteiger partial charge < -0.3 is 52.6 Å². The number of aliphatic hydroxyl groups excluding tert-OH is 1. The summed E-state index contributed by atoms with van der Waals surface area (Å²) in [6.45, 7) is 13.5. The molecule has 3 aliphatic heterocycles. The molecule has 1 N–H and O–H groups in total. The van der Waals surface area contributed by atoms with E-state index in [2.05, 4.69) is 0 Å². The third-order valence-corrected chi connectivity index (χ3v) is 11.9. The molecule has 1 unspecified atom stereocenters. The molecule has 0 bridgehead atoms. The molecule has 316 valence electrons. The van der Waals surface area contributed by atoms with Crippen LogP contribution in [0, 0.1) is 23.7 Å². The molecular weight excluding hydrogens is 730 g/mol. The number of hydrogen-bond donors (Lipinski definition) is 1. The molecule has 56 heavy (non-hydrogen) atoms. The van der Waals surface area contributed by atoms with Gasteiger partial charge in [0, 0.05) is 32.1 Å². The van der Waals surface area contributed by atoms with E-state index >= 15 is 0 Å². The van der Waals surface area contributed by atoms with Gasteiger partial charge in [0.15, 0.2) is 24.1 Å². The number of hydrogen-bond acceptors (Lipinski definition) is 15. The van der Waals surface area contributed by atoms with Crippen molar-refractivity contribution in [2.45, 2.75) is 141 Å². The van der Waals surface area contributed by atoms with Crippen molar-refractivity contribution in [3.63, 3.8) is 0 Å². The number of cyclic esters (lactones) is 1. The molecule has 0 saturated carbocycles. The van der Waals surface area contributed by atoms with Crippen molar-refractivity contribution in [3.8, 4) is 0 Å². The van der Waals surface area contributed by atoms with Crippen LogP contribution in [0.1, 0.15) is 86.3 Å². The maximum Gasteiger partial charge on any atom is 0.509 e. The average molecular weight is 794 g/mol. The zero-order valence-corrected chi connectivity index (χ0v) is 34.9. The molecule has 15 heteroatoms. The number of benzene rings is 1. The van der Waals surface area contributed by atoms with Gasteiger partial charge in [-0.3, -0.25) is 9.59 Å². The Morgan fingerprint density at radius 3 is 2.25 bits per heavy atom. The van der Waals surface area contributed by atoms with E-state index in [-0.39, 0.29) is 37.6 Å². The van der Waals surface area contributed by atoms with Gasteiger partial charge in [-0.05, 0) is 66.6 Å². The zero-order chi connectivity index (χ0) is 41.7. The summed E-state index contributed by atoms with van der Waals surface area (Å²) >= 11 is 0. The third kappa shape index (κ3) is 9.74. The maximum atomic E-state index is 14.4. The molecular formula is C41H63NO14. The van der Waals surface area contributed by atoms with Crippen LogP contribution in [0.15, 0.2) is 30.3 Å². The number of rotatable bonds is 11. The van der Waals surface area contributed by atoms with E-state index in [1.807, 2.05) is 25.9 Å². The van der Waals surface area contributed by atoms with E-state index in [1.54, 1.807) is 78.8 Å². The lowest BCUT2D eigenvalue weighted by atomic mass is 9.74. The zero-order valence-electron chi connectivity index (χ0n) is 34.9. The normalized spacial score (nSPS) is 39.1. The van der Waals surface area contributed by atoms with Crippen LogP contribution in [0.5, 0.6) is 0 Å². The third-order valence-electron chi connectivity index (χ3n) is 11.9. The van der Waals surface area contributed by atoms with Gasteiger partial charge in [0.25, 0.3) is 0 Å². The van der Waals surface area contributed by atoms with Crippen molar-refractivity contribution in [3.05, 3.63) is 35.9 Å². The molecule has 0 aliphatic carbocycles. The van der Waals surface area contributed by atoms with E-state index in [0.717, 1.165) is 0 Å². The van der Waals surface area contributed by atoms with E-state index in [1.165, 1.54) is 14.2 Å². The highest BCUT2D eigenvalue weighted by Crippen LogP contribution is 2.43. The molecule has 0 radical (unpaired) electrons. The molecule has 3 aliphatic rings. The van der Waals surface area contributed by atoms with Gasteiger partial charge in [-0.2, -0.15) is 0 Å². The second kappa shape index (κ2) is 19.0. The van der Waals surface area contributed by atoms with E-state index in [4.69, 9.17) is 42.6 Å². The average Bonchev–Trinajstić information content (AvgIpc) is 3.48. The van der Waals surface area contributed by atoms with Gasteiger partial charge in [0.1, 0.15) is 30.9 Å². The van der Waals surface area contributed by atoms with Crippen LogP contribution < -0.4 is 0 Å². The van der Waals surface area contributed by atoms with Crippen molar-refractivity contribution in [2.75, 3.05) is 35.1 Å². The number of esters is 2. The Labute approximate surface area is 330 Å². The van der Waals surface area contributed by atoms with Crippen molar-refractivity contribution in [1.29, 1.82) is 0 Å². The van der Waals surface area contributed by atoms with Crippen LogP contribution >= 0.6 is 0 Å². The van der Waals surface area contributed by atoms with Gasteiger partial charge in [-0.25, -0.2) is 9.59 Å². The summed E-state index contributed by atoms with van der Waals surface area (Å²) in [6, 6.07) is 8.40. The highest BCUT2D eigenvalue weighted by Gasteiger charge is 2.59. The fourth-order valence-corrected chi connectivity index (χ4v) is 8.66. The highest BCUT2D eigenvalue weighted by atomic mass is 16.8. The summed E-state index contributed by atoms with van der Waals surface area (Å²) in [5.41, 5.74) is -2.35. The van der Waals surface area contributed by atoms with Crippen LogP contribution in [0.25, 0.3) is 0 Å². The lowest BCUT2D eigenvalue weighted by molar-refractivity contribution is -0.302. The van der Waals surface area contributed by atoms with Crippen molar-refractivity contribution < 1.29 is 66.9 Å². The fraction of sp³-hybridized carbons (Fsp3) is 0.756. The number of Topliss-reactive ketones (excluding diaryl/α,β-unsaturated/α-hetero) is 1. The van der Waals surface area contributed by atoms with E-state index in [0.29, 0.717) is 12.0 Å². The Bertz CT molecular complexity index is 1490. The molecule has 0 amide bonds. The van der Waals surface area contributed by atoms with Crippen molar-refractivity contribution in [2.24, 2.45) is 23.7 Å². The van der Waals surface area contributed by atoms with Gasteiger partial charge in [0.2, 0.25) is 0 Å². The number of likely N-dealkylation sites (N-methyl/N-ethyl adjacent to an activating group) is 1. The maximum absolute atomic E-state index is 14.4. The van der Waals surface area contributed by atoms with E-state index in [9.17, 15) is 24.3 Å². The SMILES string of the molecule is CC[C@@H]1OC(=O)[C@H](C)[C@H](OC(=O)C(OCOC)c2ccccc2)[C@H](C)[C@@H](O[C@@H]2O[C@H](C)C[C@H](N(C)C)[C@H]2O)[C@@](C)(OC)C[C@@H](C)C(=O)[C@@H](C)[C@H]2OC(=O)O[C@]12C. The van der Waals surface area contributed by atoms with Crippen LogP contribution in [0.4, 0.5) is 4.79 Å². The van der Waals surface area contributed by atoms with Crippen LogP contribution in [0.3, 0.4) is 0 Å². The minimum absolute atomic E-state index is 0.0791. The quantitative estimate of drug-likeness (QED) is 0.187. The summed E-state index contributed by atoms with van der Waals surface area (Å²) in [6.07, 6.45) is -8.44. The first-order valence-electron chi connectivity index (χ1n) is 19.5. The summed E-state index contributed by atoms with van der Waals surface area (Å²) in [4.78, 5) is 57.6. The fourth-order valence-electron chi connectivity index (χ4n) is 8.66. The molecule has 15 atom stereocenters. The molecule has 4 rings (SSSR count). The number of ketones is 1. The number of ether oxygens (including phenoxy) is 9. The second-order valence-electron chi connectivity index (χ2n) is 16.3. The number of nitrogens with zero attached hydrogens (tertiary/aromatic N) is 1. The summed E-state index contributed by atoms with van der Waals surface area (Å²) in [7, 11) is 6.63. The van der Waals surface area contributed by atoms with Gasteiger partial charge >= 0.3 is 18.1 Å². The Morgan fingerprint density at radius 2 is 1.66 bits per heavy atom. The Morgan fingerprint density at radius 1 is 1.00 bits per heavy atom. The molecule has 3 heterocycles. The van der Waals surface area contributed by atoms with Crippen molar-refractivity contribution in [1.82, 2.24) is 4.90 Å². The molecule has 15 nitrogen and oxygen atoms in total. The largest absolute Gasteiger partial charge is 0.509 e. The predicted molar refractivity (Wildman–Crippen MR) is 201 cm³/mol. The number of methoxy groups -OCH3 is 2. The van der Waals surface area contributed by atoms with Gasteiger partial charge in [0.05, 0.1) is 29.6 Å². The van der Waals surface area contributed by atoms with E-state index < -0.39 is 95.9 Å². The minimum atomic E-state index is -1.52. The first kappa shape index (κ1) is 45.5. The first-order valence-corrected chi connectivity index (χ1v) is 19.5. The van der Waals surface area contributed by atoms with Gasteiger partial charge in [-0.1, -0.05) is 58.0 Å². The summed E-state index contributed by atoms with van der Waals surface area (Å²) in [5.74, 6) is -5.43. The van der Waals surface area contributed by atoms with Crippen LogP contribution in [0.2, 0.25) is 0 Å². The number of carbonyl (C=O) groups excluding carboxylic acids is 4. The summed E-state index contributed by atoms with van der Waals surface area (Å²) < 4.78 is 54.1.